The molecule has 96 valence electrons. The molecule has 1 aliphatic rings. The Balaban J connectivity index is 2.14. The van der Waals surface area contributed by atoms with E-state index >= 15 is 0 Å². The van der Waals surface area contributed by atoms with Crippen molar-refractivity contribution in [1.82, 2.24) is 4.98 Å². The minimum Gasteiger partial charge on any atom is -0.355 e. The third-order valence-electron chi connectivity index (χ3n) is 3.05. The molecule has 1 aromatic heterocycles. The Labute approximate surface area is 109 Å². The molecule has 0 spiro atoms. The first-order valence-electron chi connectivity index (χ1n) is 5.62. The van der Waals surface area contributed by atoms with E-state index in [1.807, 2.05) is 4.90 Å². The molecule has 0 atom stereocenters. The van der Waals surface area contributed by atoms with E-state index in [4.69, 9.17) is 11.6 Å². The quantitative estimate of drug-likeness (QED) is 0.477. The van der Waals surface area contributed by atoms with Crippen molar-refractivity contribution in [2.75, 3.05) is 18.0 Å². The third kappa shape index (κ3) is 2.59. The number of hydrogen-bond donors (Lipinski definition) is 0. The van der Waals surface area contributed by atoms with Crippen molar-refractivity contribution in [2.24, 2.45) is 5.92 Å². The van der Waals surface area contributed by atoms with Gasteiger partial charge in [0, 0.05) is 25.1 Å². The number of nitro groups is 1. The van der Waals surface area contributed by atoms with Crippen LogP contribution in [0.15, 0.2) is 12.3 Å². The summed E-state index contributed by atoms with van der Waals surface area (Å²) >= 11 is 6.00. The Bertz CT molecular complexity index is 473. The van der Waals surface area contributed by atoms with Gasteiger partial charge in [-0.3, -0.25) is 10.1 Å². The summed E-state index contributed by atoms with van der Waals surface area (Å²) in [5.41, 5.74) is -0.119. The zero-order valence-electron chi connectivity index (χ0n) is 9.58. The van der Waals surface area contributed by atoms with Crippen molar-refractivity contribution in [3.8, 4) is 0 Å². The largest absolute Gasteiger partial charge is 0.355 e. The molecule has 18 heavy (non-hydrogen) atoms. The highest BCUT2D eigenvalue weighted by atomic mass is 35.5. The lowest BCUT2D eigenvalue weighted by Crippen LogP contribution is -2.34. The summed E-state index contributed by atoms with van der Waals surface area (Å²) in [6.07, 6.45) is 3.70. The van der Waals surface area contributed by atoms with Crippen LogP contribution in [-0.2, 0) is 4.79 Å². The number of aromatic nitrogens is 1. The van der Waals surface area contributed by atoms with Gasteiger partial charge in [0.05, 0.1) is 9.95 Å². The molecule has 7 heteroatoms. The zero-order valence-corrected chi connectivity index (χ0v) is 10.3. The van der Waals surface area contributed by atoms with Gasteiger partial charge in [-0.1, -0.05) is 11.6 Å². The Hall–Kier alpha value is -1.69. The van der Waals surface area contributed by atoms with Crippen molar-refractivity contribution in [1.29, 1.82) is 0 Å². The van der Waals surface area contributed by atoms with Crippen LogP contribution in [0.3, 0.4) is 0 Å². The molecule has 1 aromatic rings. The summed E-state index contributed by atoms with van der Waals surface area (Å²) < 4.78 is 0. The zero-order chi connectivity index (χ0) is 13.1. The summed E-state index contributed by atoms with van der Waals surface area (Å²) in [6, 6.07) is 1.30. The van der Waals surface area contributed by atoms with Gasteiger partial charge in [-0.25, -0.2) is 4.98 Å². The molecule has 0 bridgehead atoms. The van der Waals surface area contributed by atoms with Crippen molar-refractivity contribution < 1.29 is 9.72 Å². The number of nitrogens with zero attached hydrogens (tertiary/aromatic N) is 3. The van der Waals surface area contributed by atoms with Crippen LogP contribution in [0.25, 0.3) is 0 Å². The van der Waals surface area contributed by atoms with E-state index in [1.54, 1.807) is 0 Å². The summed E-state index contributed by atoms with van der Waals surface area (Å²) in [5.74, 6) is 0.643. The van der Waals surface area contributed by atoms with E-state index in [9.17, 15) is 14.9 Å². The number of piperidine rings is 1. The Morgan fingerprint density at radius 3 is 2.67 bits per heavy atom. The number of hydrogen-bond acceptors (Lipinski definition) is 5. The minimum absolute atomic E-state index is 0.0954. The Kier molecular flexibility index (Phi) is 3.76. The SMILES string of the molecule is O=CC1CCN(c2ncc([N+](=O)[O-])cc2Cl)CC1. The molecule has 1 saturated heterocycles. The predicted octanol–water partition coefficient (Wildman–Crippen LogP) is 2.06. The maximum absolute atomic E-state index is 10.7. The van der Waals surface area contributed by atoms with Gasteiger partial charge in [0.1, 0.15) is 18.3 Å². The minimum atomic E-state index is -0.527. The van der Waals surface area contributed by atoms with Crippen molar-refractivity contribution >= 4 is 29.4 Å². The molecule has 0 radical (unpaired) electrons. The second-order valence-corrected chi connectivity index (χ2v) is 4.62. The van der Waals surface area contributed by atoms with Gasteiger partial charge < -0.3 is 9.69 Å². The van der Waals surface area contributed by atoms with Gasteiger partial charge in [-0.05, 0) is 12.8 Å². The van der Waals surface area contributed by atoms with Crippen LogP contribution in [0.5, 0.6) is 0 Å². The normalized spacial score (nSPS) is 16.6. The summed E-state index contributed by atoms with van der Waals surface area (Å²) in [5, 5.41) is 10.8. The average molecular weight is 270 g/mol. The van der Waals surface area contributed by atoms with Crippen LogP contribution in [0.1, 0.15) is 12.8 Å². The van der Waals surface area contributed by atoms with Gasteiger partial charge in [0.2, 0.25) is 0 Å². The molecule has 1 fully saturated rings. The maximum atomic E-state index is 10.7. The predicted molar refractivity (Wildman–Crippen MR) is 66.9 cm³/mol. The highest BCUT2D eigenvalue weighted by Crippen LogP contribution is 2.29. The number of carbonyl (C=O) groups is 1. The van der Waals surface area contributed by atoms with Crippen LogP contribution in [0, 0.1) is 16.0 Å². The summed E-state index contributed by atoms with van der Waals surface area (Å²) in [7, 11) is 0. The van der Waals surface area contributed by atoms with Crippen LogP contribution in [0.4, 0.5) is 11.5 Å². The van der Waals surface area contributed by atoms with Crippen LogP contribution < -0.4 is 4.90 Å². The summed E-state index contributed by atoms with van der Waals surface area (Å²) in [6.45, 7) is 1.38. The average Bonchev–Trinajstić information content (AvgIpc) is 2.38. The summed E-state index contributed by atoms with van der Waals surface area (Å²) in [4.78, 5) is 26.7. The van der Waals surface area contributed by atoms with E-state index in [-0.39, 0.29) is 16.6 Å². The molecule has 0 unspecified atom stereocenters. The first-order chi connectivity index (χ1) is 8.61. The van der Waals surface area contributed by atoms with E-state index in [0.29, 0.717) is 18.9 Å². The fourth-order valence-corrected chi connectivity index (χ4v) is 2.28. The molecule has 2 heterocycles. The second-order valence-electron chi connectivity index (χ2n) is 4.22. The molecular weight excluding hydrogens is 258 g/mol. The molecule has 6 nitrogen and oxygen atoms in total. The standard InChI is InChI=1S/C11H12ClN3O3/c12-10-5-9(15(17)18)6-13-11(10)14-3-1-8(7-16)2-4-14/h5-8H,1-4H2. The highest BCUT2D eigenvalue weighted by molar-refractivity contribution is 6.33. The third-order valence-corrected chi connectivity index (χ3v) is 3.33. The van der Waals surface area contributed by atoms with E-state index in [0.717, 1.165) is 19.1 Å². The Morgan fingerprint density at radius 1 is 1.50 bits per heavy atom. The monoisotopic (exact) mass is 269 g/mol. The molecule has 1 aliphatic heterocycles. The first kappa shape index (κ1) is 12.8. The lowest BCUT2D eigenvalue weighted by molar-refractivity contribution is -0.385. The highest BCUT2D eigenvalue weighted by Gasteiger charge is 2.22. The molecule has 0 aliphatic carbocycles. The lowest BCUT2D eigenvalue weighted by Gasteiger charge is -2.30. The fraction of sp³-hybridized carbons (Fsp3) is 0.455. The number of anilines is 1. The smallest absolute Gasteiger partial charge is 0.289 e. The molecule has 0 N–H and O–H groups in total. The number of carbonyl (C=O) groups excluding carboxylic acids is 1. The topological polar surface area (TPSA) is 76.3 Å². The molecule has 0 aromatic carbocycles. The molecular formula is C11H12ClN3O3. The van der Waals surface area contributed by atoms with E-state index in [2.05, 4.69) is 4.98 Å². The second kappa shape index (κ2) is 5.30. The van der Waals surface area contributed by atoms with Gasteiger partial charge >= 0.3 is 0 Å². The van der Waals surface area contributed by atoms with Crippen molar-refractivity contribution in [3.05, 3.63) is 27.4 Å². The van der Waals surface area contributed by atoms with Crippen LogP contribution in [-0.4, -0.2) is 29.3 Å². The first-order valence-corrected chi connectivity index (χ1v) is 6.00. The van der Waals surface area contributed by atoms with Crippen LogP contribution >= 0.6 is 11.6 Å². The van der Waals surface area contributed by atoms with Gasteiger partial charge in [-0.15, -0.1) is 0 Å². The lowest BCUT2D eigenvalue weighted by atomic mass is 9.99. The van der Waals surface area contributed by atoms with Crippen LogP contribution in [0.2, 0.25) is 5.02 Å². The van der Waals surface area contributed by atoms with Crippen molar-refractivity contribution in [3.63, 3.8) is 0 Å². The maximum Gasteiger partial charge on any atom is 0.289 e. The number of aldehydes is 1. The number of halogens is 1. The van der Waals surface area contributed by atoms with Gasteiger partial charge in [0.25, 0.3) is 5.69 Å². The van der Waals surface area contributed by atoms with E-state index < -0.39 is 4.92 Å². The van der Waals surface area contributed by atoms with Gasteiger partial charge in [0.15, 0.2) is 0 Å². The molecule has 0 amide bonds. The van der Waals surface area contributed by atoms with Gasteiger partial charge in [-0.2, -0.15) is 0 Å². The molecule has 2 rings (SSSR count). The Morgan fingerprint density at radius 2 is 2.17 bits per heavy atom. The fourth-order valence-electron chi connectivity index (χ4n) is 2.00. The van der Waals surface area contributed by atoms with Crippen molar-refractivity contribution in [2.45, 2.75) is 12.8 Å². The van der Waals surface area contributed by atoms with E-state index in [1.165, 1.54) is 12.3 Å². The number of pyridine rings is 1. The molecule has 0 saturated carbocycles. The number of rotatable bonds is 3.